The maximum atomic E-state index is 12.1. The lowest BCUT2D eigenvalue weighted by Crippen LogP contribution is -2.48. The van der Waals surface area contributed by atoms with Crippen molar-refractivity contribution in [2.45, 2.75) is 38.1 Å². The van der Waals surface area contributed by atoms with Crippen molar-refractivity contribution in [2.75, 3.05) is 39.8 Å². The molecule has 1 N–H and O–H groups in total. The van der Waals surface area contributed by atoms with Crippen LogP contribution < -0.4 is 5.32 Å². The fourth-order valence-corrected chi connectivity index (χ4v) is 2.74. The van der Waals surface area contributed by atoms with Crippen LogP contribution in [0.4, 0.5) is 0 Å². The molecule has 0 bridgehead atoms. The minimum atomic E-state index is 0.0762. The molecule has 98 valence electrons. The first-order chi connectivity index (χ1) is 8.27. The van der Waals surface area contributed by atoms with Gasteiger partial charge in [0, 0.05) is 20.1 Å². The van der Waals surface area contributed by atoms with Crippen molar-refractivity contribution in [3.63, 3.8) is 0 Å². The van der Waals surface area contributed by atoms with Crippen molar-refractivity contribution < 1.29 is 4.79 Å². The third-order valence-electron chi connectivity index (χ3n) is 3.93. The number of carbonyl (C=O) groups excluding carboxylic acids is 1. The topological polar surface area (TPSA) is 35.6 Å². The smallest absolute Gasteiger partial charge is 0.239 e. The monoisotopic (exact) mass is 239 g/mol. The number of likely N-dealkylation sites (N-methyl/N-ethyl adjacent to an activating group) is 1. The van der Waals surface area contributed by atoms with Crippen LogP contribution in [0.3, 0.4) is 0 Å². The summed E-state index contributed by atoms with van der Waals surface area (Å²) >= 11 is 0. The summed E-state index contributed by atoms with van der Waals surface area (Å²) in [5.41, 5.74) is 0. The van der Waals surface area contributed by atoms with E-state index in [1.54, 1.807) is 0 Å². The Bertz CT molecular complexity index is 245. The fourth-order valence-electron chi connectivity index (χ4n) is 2.74. The van der Waals surface area contributed by atoms with Gasteiger partial charge in [-0.05, 0) is 45.3 Å². The molecule has 0 radical (unpaired) electrons. The molecule has 2 fully saturated rings. The van der Waals surface area contributed by atoms with E-state index in [0.717, 1.165) is 26.1 Å². The van der Waals surface area contributed by atoms with Crippen LogP contribution in [0, 0.1) is 0 Å². The highest BCUT2D eigenvalue weighted by molar-refractivity contribution is 5.81. The highest BCUT2D eigenvalue weighted by Crippen LogP contribution is 2.10. The lowest BCUT2D eigenvalue weighted by atomic mass is 10.0. The molecule has 0 spiro atoms. The third kappa shape index (κ3) is 3.68. The van der Waals surface area contributed by atoms with Gasteiger partial charge in [0.25, 0.3) is 0 Å². The fraction of sp³-hybridized carbons (Fsp3) is 0.923. The van der Waals surface area contributed by atoms with E-state index in [0.29, 0.717) is 0 Å². The minimum absolute atomic E-state index is 0.0762. The Balaban J connectivity index is 1.70. The van der Waals surface area contributed by atoms with Crippen LogP contribution >= 0.6 is 0 Å². The predicted molar refractivity (Wildman–Crippen MR) is 69.0 cm³/mol. The molecule has 17 heavy (non-hydrogen) atoms. The van der Waals surface area contributed by atoms with Crippen molar-refractivity contribution in [1.82, 2.24) is 15.1 Å². The standard InChI is InChI=1S/C13H25N3O/c1-15(10-11-16-8-4-5-9-16)13(17)12-6-2-3-7-14-12/h12,14H,2-11H2,1H3. The lowest BCUT2D eigenvalue weighted by molar-refractivity contribution is -0.132. The van der Waals surface area contributed by atoms with E-state index >= 15 is 0 Å². The third-order valence-corrected chi connectivity index (χ3v) is 3.93. The molecule has 2 rings (SSSR count). The number of nitrogens with one attached hydrogen (secondary N) is 1. The van der Waals surface area contributed by atoms with Gasteiger partial charge in [0.05, 0.1) is 6.04 Å². The first-order valence-electron chi connectivity index (χ1n) is 6.98. The van der Waals surface area contributed by atoms with E-state index in [-0.39, 0.29) is 11.9 Å². The molecule has 2 saturated heterocycles. The molecule has 2 aliphatic rings. The minimum Gasteiger partial charge on any atom is -0.343 e. The van der Waals surface area contributed by atoms with Crippen molar-refractivity contribution >= 4 is 5.91 Å². The summed E-state index contributed by atoms with van der Waals surface area (Å²) in [6.45, 7) is 5.33. The number of carbonyl (C=O) groups is 1. The molecule has 1 amide bonds. The molecule has 0 aromatic carbocycles. The average Bonchev–Trinajstić information content (AvgIpc) is 2.89. The van der Waals surface area contributed by atoms with Crippen molar-refractivity contribution in [2.24, 2.45) is 0 Å². The van der Waals surface area contributed by atoms with Gasteiger partial charge in [-0.3, -0.25) is 4.79 Å². The Labute approximate surface area is 104 Å². The van der Waals surface area contributed by atoms with Crippen LogP contribution in [0.15, 0.2) is 0 Å². The Morgan fingerprint density at radius 1 is 1.29 bits per heavy atom. The zero-order valence-electron chi connectivity index (χ0n) is 11.0. The predicted octanol–water partition coefficient (Wildman–Crippen LogP) is 0.683. The van der Waals surface area contributed by atoms with Crippen LogP contribution in [0.25, 0.3) is 0 Å². The second kappa shape index (κ2) is 6.36. The first kappa shape index (κ1) is 12.8. The first-order valence-corrected chi connectivity index (χ1v) is 6.98. The molecular formula is C13H25N3O. The van der Waals surface area contributed by atoms with Gasteiger partial charge in [-0.25, -0.2) is 0 Å². The van der Waals surface area contributed by atoms with E-state index in [2.05, 4.69) is 10.2 Å². The second-order valence-electron chi connectivity index (χ2n) is 5.31. The molecule has 1 atom stereocenters. The van der Waals surface area contributed by atoms with Crippen molar-refractivity contribution in [1.29, 1.82) is 0 Å². The van der Waals surface area contributed by atoms with Crippen molar-refractivity contribution in [3.8, 4) is 0 Å². The number of piperidine rings is 1. The van der Waals surface area contributed by atoms with E-state index < -0.39 is 0 Å². The number of rotatable bonds is 4. The normalized spacial score (nSPS) is 26.1. The Kier molecular flexibility index (Phi) is 4.80. The van der Waals surface area contributed by atoms with Crippen molar-refractivity contribution in [3.05, 3.63) is 0 Å². The van der Waals surface area contributed by atoms with E-state index in [9.17, 15) is 4.79 Å². The summed E-state index contributed by atoms with van der Waals surface area (Å²) in [5.74, 6) is 0.281. The molecule has 4 nitrogen and oxygen atoms in total. The zero-order valence-corrected chi connectivity index (χ0v) is 11.0. The van der Waals surface area contributed by atoms with Gasteiger partial charge < -0.3 is 15.1 Å². The molecule has 0 aromatic rings. The Morgan fingerprint density at radius 2 is 2.06 bits per heavy atom. The Hall–Kier alpha value is -0.610. The number of nitrogens with zero attached hydrogens (tertiary/aromatic N) is 2. The summed E-state index contributed by atoms with van der Waals surface area (Å²) in [5, 5.41) is 3.32. The SMILES string of the molecule is CN(CCN1CCCC1)C(=O)C1CCCCN1. The van der Waals surface area contributed by atoms with Gasteiger partial charge in [0.2, 0.25) is 5.91 Å². The van der Waals surface area contributed by atoms with Gasteiger partial charge >= 0.3 is 0 Å². The summed E-state index contributed by atoms with van der Waals surface area (Å²) in [4.78, 5) is 16.5. The second-order valence-corrected chi connectivity index (χ2v) is 5.31. The van der Waals surface area contributed by atoms with Crippen LogP contribution in [0.2, 0.25) is 0 Å². The average molecular weight is 239 g/mol. The van der Waals surface area contributed by atoms with Crippen LogP contribution in [-0.4, -0.2) is 61.5 Å². The summed E-state index contributed by atoms with van der Waals surface area (Å²) in [7, 11) is 1.94. The number of hydrogen-bond donors (Lipinski definition) is 1. The molecule has 2 heterocycles. The van der Waals surface area contributed by atoms with E-state index in [4.69, 9.17) is 0 Å². The number of hydrogen-bond acceptors (Lipinski definition) is 3. The molecule has 0 aromatic heterocycles. The van der Waals surface area contributed by atoms with Gasteiger partial charge in [-0.15, -0.1) is 0 Å². The van der Waals surface area contributed by atoms with Gasteiger partial charge in [-0.1, -0.05) is 6.42 Å². The summed E-state index contributed by atoms with van der Waals surface area (Å²) < 4.78 is 0. The highest BCUT2D eigenvalue weighted by atomic mass is 16.2. The summed E-state index contributed by atoms with van der Waals surface area (Å²) in [6, 6.07) is 0.0762. The van der Waals surface area contributed by atoms with Gasteiger partial charge in [-0.2, -0.15) is 0 Å². The van der Waals surface area contributed by atoms with Gasteiger partial charge in [0.15, 0.2) is 0 Å². The number of amides is 1. The van der Waals surface area contributed by atoms with E-state index in [1.807, 2.05) is 11.9 Å². The molecular weight excluding hydrogens is 214 g/mol. The maximum absolute atomic E-state index is 12.1. The quantitative estimate of drug-likeness (QED) is 0.784. The van der Waals surface area contributed by atoms with Gasteiger partial charge in [0.1, 0.15) is 0 Å². The largest absolute Gasteiger partial charge is 0.343 e. The molecule has 4 heteroatoms. The Morgan fingerprint density at radius 3 is 2.71 bits per heavy atom. The molecule has 0 aliphatic carbocycles. The number of likely N-dealkylation sites (tertiary alicyclic amines) is 1. The van der Waals surface area contributed by atoms with Crippen LogP contribution in [-0.2, 0) is 4.79 Å². The van der Waals surface area contributed by atoms with Crippen LogP contribution in [0.5, 0.6) is 0 Å². The lowest BCUT2D eigenvalue weighted by Gasteiger charge is -2.28. The van der Waals surface area contributed by atoms with Crippen LogP contribution in [0.1, 0.15) is 32.1 Å². The molecule has 1 unspecified atom stereocenters. The zero-order chi connectivity index (χ0) is 12.1. The molecule has 2 aliphatic heterocycles. The van der Waals surface area contributed by atoms with E-state index in [1.165, 1.54) is 38.8 Å². The molecule has 0 saturated carbocycles. The summed E-state index contributed by atoms with van der Waals surface area (Å²) in [6.07, 6.45) is 6.04. The highest BCUT2D eigenvalue weighted by Gasteiger charge is 2.23. The maximum Gasteiger partial charge on any atom is 0.239 e.